The number of hydrogen-bond donors (Lipinski definition) is 0. The molecule has 4 fully saturated rings. The molecule has 3 aromatic rings. The van der Waals surface area contributed by atoms with E-state index in [0.717, 1.165) is 29.5 Å². The summed E-state index contributed by atoms with van der Waals surface area (Å²) in [5.74, 6) is 1.40. The van der Waals surface area contributed by atoms with Gasteiger partial charge in [0.05, 0.1) is 30.8 Å². The highest BCUT2D eigenvalue weighted by Crippen LogP contribution is 2.70. The first-order chi connectivity index (χ1) is 23.2. The average Bonchev–Trinajstić information content (AvgIpc) is 3.76. The number of rotatable bonds is 13. The van der Waals surface area contributed by atoms with Crippen LogP contribution in [0.2, 0.25) is 0 Å². The highest BCUT2D eigenvalue weighted by molar-refractivity contribution is 14.1. The molecule has 0 aromatic heterocycles. The summed E-state index contributed by atoms with van der Waals surface area (Å²) in [5.41, 5.74) is 4.53. The van der Waals surface area contributed by atoms with E-state index in [2.05, 4.69) is 157 Å². The summed E-state index contributed by atoms with van der Waals surface area (Å²) in [5, 5.41) is 2.34. The van der Waals surface area contributed by atoms with E-state index in [4.69, 9.17) is 14.3 Å². The minimum absolute atomic E-state index is 0.0669. The molecule has 0 N–H and O–H groups in total. The Morgan fingerprint density at radius 2 is 1.52 bits per heavy atom. The lowest BCUT2D eigenvalue weighted by Crippen LogP contribution is -2.42. The van der Waals surface area contributed by atoms with Gasteiger partial charge in [0.2, 0.25) is 0 Å². The molecule has 5 heteroatoms. The summed E-state index contributed by atoms with van der Waals surface area (Å²) in [7, 11) is 0. The fourth-order valence-electron chi connectivity index (χ4n) is 10.00. The van der Waals surface area contributed by atoms with E-state index < -0.39 is 5.60 Å². The van der Waals surface area contributed by atoms with Crippen molar-refractivity contribution in [3.05, 3.63) is 117 Å². The maximum absolute atomic E-state index is 7.47. The van der Waals surface area contributed by atoms with E-state index in [1.807, 2.05) is 0 Å². The Morgan fingerprint density at radius 1 is 0.938 bits per heavy atom. The SMILES string of the molecule is C/C(=C\I)C[C@H](C)CCCC[C@H]1ON2C(OC3[C@@H]2C2CCC3(C)C2(C)C)[C@@H]1COC(c1ccccc1)(c1ccccc1)c1ccccc1. The predicted octanol–water partition coefficient (Wildman–Crippen LogP) is 10.7. The van der Waals surface area contributed by atoms with Crippen LogP contribution in [-0.4, -0.2) is 36.1 Å². The van der Waals surface area contributed by atoms with Crippen LogP contribution in [0.4, 0.5) is 0 Å². The Labute approximate surface area is 302 Å². The predicted molar refractivity (Wildman–Crippen MR) is 202 cm³/mol. The van der Waals surface area contributed by atoms with Gasteiger partial charge in [-0.1, -0.05) is 166 Å². The number of allylic oxidation sites excluding steroid dienone is 1. The smallest absolute Gasteiger partial charge is 0.143 e. The largest absolute Gasteiger partial charge is 0.360 e. The molecule has 4 nitrogen and oxygen atoms in total. The third-order valence-electron chi connectivity index (χ3n) is 13.0. The Bertz CT molecular complexity index is 1450. The van der Waals surface area contributed by atoms with Crippen molar-refractivity contribution in [3.8, 4) is 0 Å². The van der Waals surface area contributed by atoms with E-state index in [-0.39, 0.29) is 35.2 Å². The zero-order valence-electron chi connectivity index (χ0n) is 29.5. The molecule has 0 spiro atoms. The number of nitrogens with zero attached hydrogens (tertiary/aromatic N) is 1. The number of halogens is 1. The van der Waals surface area contributed by atoms with Crippen molar-refractivity contribution in [3.63, 3.8) is 0 Å². The van der Waals surface area contributed by atoms with Crippen LogP contribution in [0.3, 0.4) is 0 Å². The Morgan fingerprint density at radius 3 is 2.08 bits per heavy atom. The van der Waals surface area contributed by atoms with Crippen LogP contribution in [0.15, 0.2) is 101 Å². The van der Waals surface area contributed by atoms with Gasteiger partial charge in [0.15, 0.2) is 0 Å². The molecular formula is C43H54INO3. The summed E-state index contributed by atoms with van der Waals surface area (Å²) in [6.45, 7) is 12.6. The van der Waals surface area contributed by atoms with Gasteiger partial charge in [-0.15, -0.1) is 0 Å². The Balaban J connectivity index is 1.19. The summed E-state index contributed by atoms with van der Waals surface area (Å²) < 4.78 is 16.9. The first-order valence-electron chi connectivity index (χ1n) is 18.4. The van der Waals surface area contributed by atoms with Crippen LogP contribution in [0.25, 0.3) is 0 Å². The molecule has 4 unspecified atom stereocenters. The quantitative estimate of drug-likeness (QED) is 0.0987. The summed E-state index contributed by atoms with van der Waals surface area (Å²) in [6, 6.07) is 32.6. The zero-order chi connectivity index (χ0) is 33.5. The van der Waals surface area contributed by atoms with Crippen LogP contribution in [-0.2, 0) is 19.9 Å². The fraction of sp³-hybridized carbons (Fsp3) is 0.535. The van der Waals surface area contributed by atoms with Crippen LogP contribution in [0, 0.1) is 28.6 Å². The molecular weight excluding hydrogens is 705 g/mol. The van der Waals surface area contributed by atoms with Crippen LogP contribution < -0.4 is 0 Å². The number of ether oxygens (including phenoxy) is 2. The lowest BCUT2D eigenvalue weighted by molar-refractivity contribution is -0.197. The molecule has 2 aliphatic heterocycles. The van der Waals surface area contributed by atoms with E-state index in [1.54, 1.807) is 0 Å². The van der Waals surface area contributed by atoms with Crippen molar-refractivity contribution in [2.75, 3.05) is 6.61 Å². The van der Waals surface area contributed by atoms with Gasteiger partial charge < -0.3 is 9.47 Å². The second-order valence-corrected chi connectivity index (χ2v) is 16.7. The second kappa shape index (κ2) is 13.9. The summed E-state index contributed by atoms with van der Waals surface area (Å²) in [4.78, 5) is 7.09. The summed E-state index contributed by atoms with van der Waals surface area (Å²) >= 11 is 2.37. The van der Waals surface area contributed by atoms with Gasteiger partial charge in [0.1, 0.15) is 11.8 Å². The molecule has 7 rings (SSSR count). The minimum Gasteiger partial charge on any atom is -0.360 e. The average molecular weight is 760 g/mol. The molecule has 0 amide bonds. The number of unbranched alkanes of at least 4 members (excludes halogenated alkanes) is 1. The lowest BCUT2D eigenvalue weighted by atomic mass is 9.70. The maximum atomic E-state index is 7.47. The number of hydroxylamine groups is 2. The van der Waals surface area contributed by atoms with Gasteiger partial charge >= 0.3 is 0 Å². The van der Waals surface area contributed by atoms with Crippen LogP contribution in [0.1, 0.15) is 96.3 Å². The van der Waals surface area contributed by atoms with E-state index >= 15 is 0 Å². The monoisotopic (exact) mass is 759 g/mol. The van der Waals surface area contributed by atoms with E-state index in [9.17, 15) is 0 Å². The lowest BCUT2D eigenvalue weighted by Gasteiger charge is -2.39. The van der Waals surface area contributed by atoms with Gasteiger partial charge in [-0.3, -0.25) is 4.84 Å². The fourth-order valence-corrected chi connectivity index (χ4v) is 10.3. The first-order valence-corrected chi connectivity index (χ1v) is 19.6. The van der Waals surface area contributed by atoms with Crippen molar-refractivity contribution >= 4 is 22.6 Å². The highest BCUT2D eigenvalue weighted by Gasteiger charge is 2.73. The number of benzene rings is 3. The molecule has 4 aliphatic rings. The van der Waals surface area contributed by atoms with Crippen molar-refractivity contribution in [2.24, 2.45) is 28.6 Å². The number of hydrogen-bond acceptors (Lipinski definition) is 4. The van der Waals surface area contributed by atoms with E-state index in [1.165, 1.54) is 37.7 Å². The molecule has 2 saturated carbocycles. The summed E-state index contributed by atoms with van der Waals surface area (Å²) in [6.07, 6.45) is 8.51. The van der Waals surface area contributed by atoms with Gasteiger partial charge in [-0.2, -0.15) is 5.06 Å². The normalized spacial score (nSPS) is 31.6. The van der Waals surface area contributed by atoms with Gasteiger partial charge in [-0.25, -0.2) is 0 Å². The van der Waals surface area contributed by atoms with Gasteiger partial charge in [0.25, 0.3) is 0 Å². The molecule has 256 valence electrons. The topological polar surface area (TPSA) is 30.9 Å². The third-order valence-corrected chi connectivity index (χ3v) is 14.0. The zero-order valence-corrected chi connectivity index (χ0v) is 31.6. The standard InChI is InChI=1S/C43H54INO3/c1-30(27-31(2)28-44)17-15-16-24-37-35(40-45(48-37)38-36-25-26-42(5,39(38)47-40)41(36,3)4)29-46-43(32-18-9-6-10-19-32,33-20-11-7-12-21-33)34-22-13-8-14-23-34/h6-14,18-23,28,30,35-40H,15-17,24-27,29H2,1-5H3/b31-28+/t30-,35-,36?,37-,38+,39?,40?,42?/m1/s1. The second-order valence-electron chi connectivity index (χ2n) is 16.0. The van der Waals surface area contributed by atoms with Crippen molar-refractivity contribution in [2.45, 2.75) is 110 Å². The van der Waals surface area contributed by atoms with Gasteiger partial charge in [-0.05, 0) is 70.6 Å². The Kier molecular flexibility index (Phi) is 10.00. The van der Waals surface area contributed by atoms with Crippen LogP contribution in [0.5, 0.6) is 0 Å². The maximum Gasteiger partial charge on any atom is 0.143 e. The number of fused-ring (bicyclic) bond motifs is 7. The molecule has 0 radical (unpaired) electrons. The van der Waals surface area contributed by atoms with Crippen molar-refractivity contribution in [1.29, 1.82) is 0 Å². The first kappa shape index (κ1) is 34.4. The molecule has 2 aliphatic carbocycles. The minimum atomic E-state index is -0.761. The van der Waals surface area contributed by atoms with Crippen molar-refractivity contribution < 1.29 is 14.3 Å². The molecule has 48 heavy (non-hydrogen) atoms. The third kappa shape index (κ3) is 5.83. The van der Waals surface area contributed by atoms with Crippen molar-refractivity contribution in [1.82, 2.24) is 5.06 Å². The highest BCUT2D eigenvalue weighted by atomic mass is 127. The molecule has 8 atom stereocenters. The molecule has 2 heterocycles. The van der Waals surface area contributed by atoms with E-state index in [0.29, 0.717) is 24.5 Å². The molecule has 2 saturated heterocycles. The van der Waals surface area contributed by atoms with Crippen LogP contribution >= 0.6 is 22.6 Å². The Hall–Kier alpha value is -2.03. The molecule has 2 bridgehead atoms. The molecule has 3 aromatic carbocycles. The van der Waals surface area contributed by atoms with Gasteiger partial charge in [0, 0.05) is 5.41 Å².